The molecule has 4 atom stereocenters. The number of urea groups is 1. The van der Waals surface area contributed by atoms with Crippen LogP contribution in [0.25, 0.3) is 0 Å². The fraction of sp³-hybridized carbons (Fsp3) is 0.391. The van der Waals surface area contributed by atoms with Crippen LogP contribution in [0.1, 0.15) is 38.7 Å². The summed E-state index contributed by atoms with van der Waals surface area (Å²) in [4.78, 5) is 27.7. The van der Waals surface area contributed by atoms with Gasteiger partial charge < -0.3 is 15.7 Å². The van der Waals surface area contributed by atoms with E-state index in [4.69, 9.17) is 11.6 Å². The summed E-state index contributed by atoms with van der Waals surface area (Å²) in [6.45, 7) is 4.30. The number of carbonyl (C=O) groups excluding carboxylic acids is 2. The second-order valence-electron chi connectivity index (χ2n) is 8.31. The Bertz CT molecular complexity index is 964. The summed E-state index contributed by atoms with van der Waals surface area (Å²) in [5.41, 5.74) is -1.08. The van der Waals surface area contributed by atoms with Crippen molar-refractivity contribution in [3.05, 3.63) is 59.1 Å². The first-order valence-corrected chi connectivity index (χ1v) is 10.7. The molecule has 3 amide bonds. The van der Waals surface area contributed by atoms with E-state index in [9.17, 15) is 14.7 Å². The van der Waals surface area contributed by atoms with Gasteiger partial charge in [-0.1, -0.05) is 56.5 Å². The molecule has 158 valence electrons. The van der Waals surface area contributed by atoms with Crippen LogP contribution < -0.4 is 15.5 Å². The van der Waals surface area contributed by atoms with Crippen molar-refractivity contribution in [2.45, 2.75) is 44.9 Å². The molecule has 1 aliphatic carbocycles. The summed E-state index contributed by atoms with van der Waals surface area (Å²) >= 11 is 6.00. The molecule has 2 aromatic rings. The van der Waals surface area contributed by atoms with Gasteiger partial charge in [0, 0.05) is 22.3 Å². The van der Waals surface area contributed by atoms with Gasteiger partial charge >= 0.3 is 6.03 Å². The van der Waals surface area contributed by atoms with Crippen molar-refractivity contribution in [2.24, 2.45) is 11.8 Å². The zero-order valence-corrected chi connectivity index (χ0v) is 17.8. The van der Waals surface area contributed by atoms with E-state index >= 15 is 0 Å². The molecule has 2 aromatic carbocycles. The number of aliphatic hydroxyl groups is 1. The van der Waals surface area contributed by atoms with E-state index in [1.807, 2.05) is 0 Å². The Balaban J connectivity index is 1.77. The summed E-state index contributed by atoms with van der Waals surface area (Å²) in [5, 5.41) is 18.2. The lowest BCUT2D eigenvalue weighted by Crippen LogP contribution is -2.64. The third kappa shape index (κ3) is 3.44. The summed E-state index contributed by atoms with van der Waals surface area (Å²) in [5.74, 6) is 0.154. The smallest absolute Gasteiger partial charge is 0.329 e. The van der Waals surface area contributed by atoms with Gasteiger partial charge in [0.05, 0.1) is 5.69 Å². The highest BCUT2D eigenvalue weighted by molar-refractivity contribution is 6.30. The average molecular weight is 428 g/mol. The van der Waals surface area contributed by atoms with Gasteiger partial charge in [0.15, 0.2) is 0 Å². The Kier molecular flexibility index (Phi) is 5.47. The molecule has 2 aliphatic rings. The van der Waals surface area contributed by atoms with E-state index in [-0.39, 0.29) is 12.0 Å². The molecule has 0 radical (unpaired) electrons. The molecule has 0 bridgehead atoms. The molecular weight excluding hydrogens is 402 g/mol. The minimum atomic E-state index is -2.19. The topological polar surface area (TPSA) is 81.7 Å². The highest BCUT2D eigenvalue weighted by atomic mass is 35.5. The van der Waals surface area contributed by atoms with E-state index in [0.717, 1.165) is 24.2 Å². The number of rotatable bonds is 3. The second-order valence-corrected chi connectivity index (χ2v) is 8.74. The highest BCUT2D eigenvalue weighted by Crippen LogP contribution is 2.40. The summed E-state index contributed by atoms with van der Waals surface area (Å²) in [6, 6.07) is 12.6. The highest BCUT2D eigenvalue weighted by Gasteiger charge is 2.52. The first-order chi connectivity index (χ1) is 14.3. The SMILES string of the molecule is C[C@H]1[C@@H](NC(=O)[C@]2(O)c3ccccc3NC(=O)N2c2ccc(Cl)cc2)CCC[C@@H]1C. The number of halogens is 1. The van der Waals surface area contributed by atoms with E-state index in [1.165, 1.54) is 0 Å². The molecule has 6 nitrogen and oxygen atoms in total. The van der Waals surface area contributed by atoms with E-state index in [1.54, 1.807) is 48.5 Å². The maximum atomic E-state index is 13.6. The van der Waals surface area contributed by atoms with E-state index < -0.39 is 17.7 Å². The van der Waals surface area contributed by atoms with Crippen LogP contribution in [-0.2, 0) is 10.5 Å². The second kappa shape index (κ2) is 7.93. The van der Waals surface area contributed by atoms with Gasteiger partial charge in [0.25, 0.3) is 11.6 Å². The number of carbonyl (C=O) groups is 2. The van der Waals surface area contributed by atoms with Crippen molar-refractivity contribution in [3.8, 4) is 0 Å². The van der Waals surface area contributed by atoms with Crippen LogP contribution in [0.2, 0.25) is 5.02 Å². The Morgan fingerprint density at radius 2 is 1.87 bits per heavy atom. The third-order valence-electron chi connectivity index (χ3n) is 6.50. The zero-order chi connectivity index (χ0) is 21.5. The minimum absolute atomic E-state index is 0.0607. The number of nitrogens with zero attached hydrogens (tertiary/aromatic N) is 1. The number of hydrogen-bond donors (Lipinski definition) is 3. The predicted octanol–water partition coefficient (Wildman–Crippen LogP) is 4.48. The number of amides is 3. The third-order valence-corrected chi connectivity index (χ3v) is 6.75. The molecule has 1 aliphatic heterocycles. The Labute approximate surface area is 181 Å². The molecule has 1 heterocycles. The molecule has 0 unspecified atom stereocenters. The molecule has 4 rings (SSSR count). The molecule has 30 heavy (non-hydrogen) atoms. The average Bonchev–Trinajstić information content (AvgIpc) is 2.72. The minimum Gasteiger partial charge on any atom is -0.359 e. The molecule has 0 spiro atoms. The van der Waals surface area contributed by atoms with Gasteiger partial charge in [-0.15, -0.1) is 0 Å². The van der Waals surface area contributed by atoms with Crippen LogP contribution in [0.3, 0.4) is 0 Å². The lowest BCUT2D eigenvalue weighted by molar-refractivity contribution is -0.141. The van der Waals surface area contributed by atoms with Crippen molar-refractivity contribution >= 4 is 34.9 Å². The number of anilines is 2. The lowest BCUT2D eigenvalue weighted by Gasteiger charge is -2.44. The van der Waals surface area contributed by atoms with Crippen molar-refractivity contribution in [2.75, 3.05) is 10.2 Å². The predicted molar refractivity (Wildman–Crippen MR) is 117 cm³/mol. The maximum Gasteiger partial charge on any atom is 0.329 e. The van der Waals surface area contributed by atoms with Crippen LogP contribution in [-0.4, -0.2) is 23.1 Å². The van der Waals surface area contributed by atoms with Crippen molar-refractivity contribution in [1.29, 1.82) is 0 Å². The molecule has 0 aromatic heterocycles. The fourth-order valence-corrected chi connectivity index (χ4v) is 4.63. The first kappa shape index (κ1) is 20.7. The number of fused-ring (bicyclic) bond motifs is 1. The Morgan fingerprint density at radius 3 is 2.60 bits per heavy atom. The van der Waals surface area contributed by atoms with Crippen LogP contribution in [0.15, 0.2) is 48.5 Å². The number of nitrogens with one attached hydrogen (secondary N) is 2. The number of para-hydroxylation sites is 1. The molecule has 3 N–H and O–H groups in total. The van der Waals surface area contributed by atoms with Crippen molar-refractivity contribution in [1.82, 2.24) is 5.32 Å². The first-order valence-electron chi connectivity index (χ1n) is 10.3. The van der Waals surface area contributed by atoms with E-state index in [0.29, 0.717) is 27.9 Å². The molecule has 7 heteroatoms. The van der Waals surface area contributed by atoms with Crippen molar-refractivity contribution < 1.29 is 14.7 Å². The monoisotopic (exact) mass is 427 g/mol. The van der Waals surface area contributed by atoms with Gasteiger partial charge in [-0.25, -0.2) is 4.79 Å². The Morgan fingerprint density at radius 1 is 1.17 bits per heavy atom. The van der Waals surface area contributed by atoms with Crippen LogP contribution >= 0.6 is 11.6 Å². The standard InChI is InChI=1S/C23H26ClN3O3/c1-14-6-5-9-19(15(14)2)25-21(28)23(30)18-7-3-4-8-20(18)26-22(29)27(23)17-12-10-16(24)11-13-17/h3-4,7-8,10-15,19,30H,5-6,9H2,1-2H3,(H,25,28)(H,26,29)/t14-,15+,19-,23+/m0/s1. The van der Waals surface area contributed by atoms with Crippen LogP contribution in [0.4, 0.5) is 16.2 Å². The Hall–Kier alpha value is -2.57. The van der Waals surface area contributed by atoms with Gasteiger partial charge in [0.1, 0.15) is 0 Å². The number of hydrogen-bond acceptors (Lipinski definition) is 3. The quantitative estimate of drug-likeness (QED) is 0.675. The zero-order valence-electron chi connectivity index (χ0n) is 17.1. The molecule has 1 fully saturated rings. The molecule has 1 saturated carbocycles. The van der Waals surface area contributed by atoms with Gasteiger partial charge in [-0.3, -0.25) is 9.69 Å². The summed E-state index contributed by atoms with van der Waals surface area (Å²) in [7, 11) is 0. The maximum absolute atomic E-state index is 13.6. The molecular formula is C23H26ClN3O3. The van der Waals surface area contributed by atoms with E-state index in [2.05, 4.69) is 24.5 Å². The molecule has 0 saturated heterocycles. The normalized spacial score (nSPS) is 28.5. The van der Waals surface area contributed by atoms with Gasteiger partial charge in [-0.05, 0) is 48.6 Å². The largest absolute Gasteiger partial charge is 0.359 e. The van der Waals surface area contributed by atoms with Crippen molar-refractivity contribution in [3.63, 3.8) is 0 Å². The number of benzene rings is 2. The van der Waals surface area contributed by atoms with Gasteiger partial charge in [0.2, 0.25) is 0 Å². The van der Waals surface area contributed by atoms with Gasteiger partial charge in [-0.2, -0.15) is 0 Å². The summed E-state index contributed by atoms with van der Waals surface area (Å²) in [6.07, 6.45) is 2.99. The lowest BCUT2D eigenvalue weighted by atomic mass is 9.78. The summed E-state index contributed by atoms with van der Waals surface area (Å²) < 4.78 is 0. The van der Waals surface area contributed by atoms with Crippen LogP contribution in [0, 0.1) is 11.8 Å². The van der Waals surface area contributed by atoms with Crippen LogP contribution in [0.5, 0.6) is 0 Å². The fourth-order valence-electron chi connectivity index (χ4n) is 4.51.